The quantitative estimate of drug-likeness (QED) is 0.0118. The summed E-state index contributed by atoms with van der Waals surface area (Å²) in [4.78, 5) is 40.6. The first-order valence-corrected chi connectivity index (χ1v) is 26.4. The Kier molecular flexibility index (Phi) is 41.3. The molecule has 0 fully saturated rings. The molecule has 0 saturated carbocycles. The fraction of sp³-hybridized carbons (Fsp3) is 0.938. The first kappa shape index (κ1) is 59.4. The van der Waals surface area contributed by atoms with Gasteiger partial charge < -0.3 is 23.6 Å². The molecule has 0 bridgehead atoms. The minimum absolute atomic E-state index is 0.0292. The highest BCUT2D eigenvalue weighted by molar-refractivity contribution is 7.47. The van der Waals surface area contributed by atoms with Gasteiger partial charge in [-0.1, -0.05) is 194 Å². The van der Waals surface area contributed by atoms with Crippen molar-refractivity contribution in [2.75, 3.05) is 47.5 Å². The first-order chi connectivity index (χ1) is 29.4. The van der Waals surface area contributed by atoms with Gasteiger partial charge in [0.25, 0.3) is 0 Å². The molecule has 1 N–H and O–H groups in total. The smallest absolute Gasteiger partial charge is 0.462 e. The molecular formula is C48H94N2O10P+. The van der Waals surface area contributed by atoms with Crippen LogP contribution in [0.15, 0.2) is 0 Å². The molecule has 0 aromatic heterocycles. The Balaban J connectivity index is 4.66. The van der Waals surface area contributed by atoms with Crippen LogP contribution in [0.25, 0.3) is 0 Å². The van der Waals surface area contributed by atoms with E-state index in [1.54, 1.807) is 0 Å². The van der Waals surface area contributed by atoms with E-state index in [0.717, 1.165) is 38.5 Å². The van der Waals surface area contributed by atoms with Gasteiger partial charge in [0.05, 0.1) is 53.4 Å². The first-order valence-electron chi connectivity index (χ1n) is 24.9. The number of carbonyl (C=O) groups excluding carboxylic acids is 2. The van der Waals surface area contributed by atoms with Crippen LogP contribution in [-0.4, -0.2) is 81.2 Å². The van der Waals surface area contributed by atoms with Gasteiger partial charge in [-0.2, -0.15) is 10.1 Å². The molecule has 0 aromatic rings. The number of quaternary nitrogens is 1. The van der Waals surface area contributed by atoms with Crippen LogP contribution in [-0.2, 0) is 42.5 Å². The summed E-state index contributed by atoms with van der Waals surface area (Å²) in [5.41, 5.74) is 0. The number of phosphoric ester groups is 1. The predicted octanol–water partition coefficient (Wildman–Crippen LogP) is 13.4. The SMILES string of the molecule is CCCCCCCCCCCCCCCCCC(=O)OCC(COC(CC#N)OOP(=O)(O)OCCC[N+](C)(C)C)OC(=O)CCCCCCCCCCCCCCCCC. The molecular weight excluding hydrogens is 796 g/mol. The number of esters is 2. The lowest BCUT2D eigenvalue weighted by Gasteiger charge is -2.24. The van der Waals surface area contributed by atoms with Crippen LogP contribution < -0.4 is 0 Å². The zero-order valence-corrected chi connectivity index (χ0v) is 40.9. The van der Waals surface area contributed by atoms with Crippen LogP contribution >= 0.6 is 7.82 Å². The standard InChI is InChI=1S/C48H93N2O10P/c1-6-8-10-12-14-16-18-20-22-24-26-28-30-32-34-37-46(51)55-43-45(44-56-48(39-40-49)59-60-61(53,54)57-42-36-41-50(3,4)5)58-47(52)38-35-33-31-29-27-25-23-21-19-17-15-13-11-9-7-2/h45,48H,6-39,41-44H2,1-5H3/p+1. The molecule has 3 atom stereocenters. The molecule has 3 unspecified atom stereocenters. The number of carbonyl (C=O) groups is 2. The van der Waals surface area contributed by atoms with Crippen LogP contribution in [0, 0.1) is 11.3 Å². The molecule has 0 spiro atoms. The number of hydrogen-bond donors (Lipinski definition) is 1. The van der Waals surface area contributed by atoms with Crippen LogP contribution in [0.5, 0.6) is 0 Å². The number of ether oxygens (including phenoxy) is 3. The lowest BCUT2D eigenvalue weighted by molar-refractivity contribution is -0.870. The van der Waals surface area contributed by atoms with Crippen molar-refractivity contribution >= 4 is 19.8 Å². The zero-order valence-electron chi connectivity index (χ0n) is 40.0. The summed E-state index contributed by atoms with van der Waals surface area (Å²) in [6, 6.07) is 1.88. The van der Waals surface area contributed by atoms with Crippen LogP contribution in [0.4, 0.5) is 0 Å². The van der Waals surface area contributed by atoms with Gasteiger partial charge in [-0.3, -0.25) is 14.1 Å². The zero-order chi connectivity index (χ0) is 45.1. The maximum atomic E-state index is 12.9. The second-order valence-electron chi connectivity index (χ2n) is 18.2. The minimum Gasteiger partial charge on any atom is -0.462 e. The van der Waals surface area contributed by atoms with Crippen LogP contribution in [0.3, 0.4) is 0 Å². The minimum atomic E-state index is -4.59. The Bertz CT molecular complexity index is 1100. The molecule has 0 saturated heterocycles. The molecule has 0 aromatic carbocycles. The topological polar surface area (TPSA) is 151 Å². The van der Waals surface area contributed by atoms with Crippen molar-refractivity contribution in [2.24, 2.45) is 0 Å². The molecule has 12 nitrogen and oxygen atoms in total. The summed E-state index contributed by atoms with van der Waals surface area (Å²) in [6.07, 6.45) is 35.3. The highest BCUT2D eigenvalue weighted by atomic mass is 31.2. The summed E-state index contributed by atoms with van der Waals surface area (Å²) in [5, 5.41) is 9.31. The number of nitrogens with zero attached hydrogens (tertiary/aromatic N) is 2. The van der Waals surface area contributed by atoms with Crippen molar-refractivity contribution in [3.05, 3.63) is 0 Å². The third-order valence-corrected chi connectivity index (χ3v) is 11.7. The number of phosphoric acid groups is 1. The molecule has 360 valence electrons. The van der Waals surface area contributed by atoms with E-state index in [-0.39, 0.29) is 45.1 Å². The maximum Gasteiger partial charge on any atom is 0.499 e. The lowest BCUT2D eigenvalue weighted by atomic mass is 10.0. The molecule has 0 rings (SSSR count). The lowest BCUT2D eigenvalue weighted by Crippen LogP contribution is -2.35. The van der Waals surface area contributed by atoms with Gasteiger partial charge in [-0.05, 0) is 12.8 Å². The number of nitriles is 1. The third kappa shape index (κ3) is 44.8. The van der Waals surface area contributed by atoms with Crippen LogP contribution in [0.1, 0.15) is 232 Å². The van der Waals surface area contributed by atoms with E-state index in [4.69, 9.17) is 23.6 Å². The van der Waals surface area contributed by atoms with Gasteiger partial charge in [0.1, 0.15) is 6.61 Å². The van der Waals surface area contributed by atoms with E-state index >= 15 is 0 Å². The van der Waals surface area contributed by atoms with Gasteiger partial charge in [-0.25, -0.2) is 4.57 Å². The van der Waals surface area contributed by atoms with E-state index in [0.29, 0.717) is 23.9 Å². The van der Waals surface area contributed by atoms with E-state index in [9.17, 15) is 24.3 Å². The van der Waals surface area contributed by atoms with Crippen LogP contribution in [0.2, 0.25) is 0 Å². The summed E-state index contributed by atoms with van der Waals surface area (Å²) in [7, 11) is 1.40. The van der Waals surface area contributed by atoms with Crippen molar-refractivity contribution < 1.29 is 51.8 Å². The highest BCUT2D eigenvalue weighted by Gasteiger charge is 2.27. The molecule has 0 heterocycles. The average molecular weight is 890 g/mol. The second kappa shape index (κ2) is 42.4. The second-order valence-corrected chi connectivity index (χ2v) is 19.5. The Morgan fingerprint density at radius 2 is 0.984 bits per heavy atom. The van der Waals surface area contributed by atoms with Gasteiger partial charge >= 0.3 is 19.8 Å². The van der Waals surface area contributed by atoms with Gasteiger partial charge in [-0.15, -0.1) is 4.67 Å². The average Bonchev–Trinajstić information content (AvgIpc) is 3.22. The van der Waals surface area contributed by atoms with Crippen molar-refractivity contribution in [2.45, 2.75) is 245 Å². The van der Waals surface area contributed by atoms with E-state index < -0.39 is 26.2 Å². The normalized spacial score (nSPS) is 13.7. The van der Waals surface area contributed by atoms with Crippen molar-refractivity contribution in [1.29, 1.82) is 5.26 Å². The summed E-state index contributed by atoms with van der Waals surface area (Å²) >= 11 is 0. The Labute approximate surface area is 374 Å². The summed E-state index contributed by atoms with van der Waals surface area (Å²) in [5.74, 6) is -0.812. The summed E-state index contributed by atoms with van der Waals surface area (Å²) < 4.78 is 39.5. The molecule has 0 aliphatic carbocycles. The van der Waals surface area contributed by atoms with Gasteiger partial charge in [0, 0.05) is 19.3 Å². The molecule has 13 heteroatoms. The maximum absolute atomic E-state index is 12.9. The monoisotopic (exact) mass is 890 g/mol. The van der Waals surface area contributed by atoms with Crippen molar-refractivity contribution in [1.82, 2.24) is 0 Å². The predicted molar refractivity (Wildman–Crippen MR) is 245 cm³/mol. The van der Waals surface area contributed by atoms with Gasteiger partial charge in [0.2, 0.25) is 6.29 Å². The highest BCUT2D eigenvalue weighted by Crippen LogP contribution is 2.44. The fourth-order valence-electron chi connectivity index (χ4n) is 7.15. The number of hydrogen-bond acceptors (Lipinski definition) is 10. The molecule has 0 amide bonds. The third-order valence-electron chi connectivity index (χ3n) is 10.9. The number of rotatable bonds is 47. The van der Waals surface area contributed by atoms with Crippen molar-refractivity contribution in [3.63, 3.8) is 0 Å². The van der Waals surface area contributed by atoms with E-state index in [1.807, 2.05) is 27.2 Å². The Morgan fingerprint density at radius 3 is 1.38 bits per heavy atom. The summed E-state index contributed by atoms with van der Waals surface area (Å²) in [6.45, 7) is 4.68. The van der Waals surface area contributed by atoms with E-state index in [1.165, 1.54) is 148 Å². The molecule has 0 aliphatic rings. The van der Waals surface area contributed by atoms with Crippen molar-refractivity contribution in [3.8, 4) is 6.07 Å². The van der Waals surface area contributed by atoms with E-state index in [2.05, 4.69) is 18.5 Å². The number of unbranched alkanes of at least 4 members (excludes halogenated alkanes) is 28. The Morgan fingerprint density at radius 1 is 0.590 bits per heavy atom. The molecule has 0 radical (unpaired) electrons. The Hall–Kier alpha value is -1.58. The molecule has 0 aliphatic heterocycles. The largest absolute Gasteiger partial charge is 0.499 e. The molecule has 61 heavy (non-hydrogen) atoms. The fourth-order valence-corrected chi connectivity index (χ4v) is 7.76. The van der Waals surface area contributed by atoms with Gasteiger partial charge in [0.15, 0.2) is 6.10 Å².